The number of nitrogens with two attached hydrogens (primary N) is 1. The molecule has 1 aromatic rings. The van der Waals surface area contributed by atoms with Crippen molar-refractivity contribution >= 4 is 0 Å². The number of hydrogen-bond acceptors (Lipinski definition) is 3. The first-order valence-corrected chi connectivity index (χ1v) is 7.99. The van der Waals surface area contributed by atoms with Gasteiger partial charge in [-0.25, -0.2) is 0 Å². The molecule has 0 bridgehead atoms. The molecule has 0 radical (unpaired) electrons. The van der Waals surface area contributed by atoms with E-state index >= 15 is 0 Å². The van der Waals surface area contributed by atoms with Gasteiger partial charge in [-0.15, -0.1) is 0 Å². The van der Waals surface area contributed by atoms with Crippen LogP contribution in [0.15, 0.2) is 12.1 Å². The van der Waals surface area contributed by atoms with Gasteiger partial charge in [0.2, 0.25) is 0 Å². The van der Waals surface area contributed by atoms with Crippen molar-refractivity contribution < 1.29 is 4.74 Å². The Morgan fingerprint density at radius 1 is 1.24 bits per heavy atom. The van der Waals surface area contributed by atoms with Crippen molar-refractivity contribution in [3.05, 3.63) is 28.8 Å². The van der Waals surface area contributed by atoms with E-state index in [4.69, 9.17) is 10.6 Å². The molecule has 1 unspecified atom stereocenters. The predicted molar refractivity (Wildman–Crippen MR) is 88.3 cm³/mol. The predicted octanol–water partition coefficient (Wildman–Crippen LogP) is 4.03. The molecule has 1 saturated carbocycles. The Morgan fingerprint density at radius 2 is 1.86 bits per heavy atom. The highest BCUT2D eigenvalue weighted by Crippen LogP contribution is 2.44. The van der Waals surface area contributed by atoms with Gasteiger partial charge in [-0.05, 0) is 68.1 Å². The first-order chi connectivity index (χ1) is 9.88. The molecule has 0 aromatic heterocycles. The second-order valence-corrected chi connectivity index (χ2v) is 7.34. The maximum atomic E-state index is 5.93. The fraction of sp³-hybridized carbons (Fsp3) is 0.667. The molecule has 0 spiro atoms. The molecular formula is C18H30N2O. The average molecular weight is 290 g/mol. The third kappa shape index (κ3) is 3.58. The summed E-state index contributed by atoms with van der Waals surface area (Å²) in [6, 6.07) is 4.51. The standard InChI is InChI=1S/C18H30N2O/c1-12-10-13(2)16(15(11-12)21-5)17(20-19)14-6-8-18(3,4)9-7-14/h10-11,14,17,20H,6-9,19H2,1-5H3. The Kier molecular flexibility index (Phi) is 4.95. The highest BCUT2D eigenvalue weighted by atomic mass is 16.5. The smallest absolute Gasteiger partial charge is 0.124 e. The third-order valence-electron chi connectivity index (χ3n) is 5.06. The number of ether oxygens (including phenoxy) is 1. The number of benzene rings is 1. The number of nitrogens with one attached hydrogen (secondary N) is 1. The number of aryl methyl sites for hydroxylation is 2. The topological polar surface area (TPSA) is 47.3 Å². The van der Waals surface area contributed by atoms with Crippen LogP contribution in [0.4, 0.5) is 0 Å². The molecule has 1 fully saturated rings. The van der Waals surface area contributed by atoms with Crippen LogP contribution >= 0.6 is 0 Å². The number of hydrogen-bond donors (Lipinski definition) is 2. The van der Waals surface area contributed by atoms with Crippen molar-refractivity contribution in [2.45, 2.75) is 59.4 Å². The zero-order chi connectivity index (χ0) is 15.6. The largest absolute Gasteiger partial charge is 0.496 e. The van der Waals surface area contributed by atoms with E-state index in [1.54, 1.807) is 7.11 Å². The molecule has 21 heavy (non-hydrogen) atoms. The molecule has 0 aliphatic heterocycles. The summed E-state index contributed by atoms with van der Waals surface area (Å²) < 4.78 is 5.63. The van der Waals surface area contributed by atoms with Crippen LogP contribution < -0.4 is 16.0 Å². The van der Waals surface area contributed by atoms with Crippen molar-refractivity contribution in [2.75, 3.05) is 7.11 Å². The fourth-order valence-corrected chi connectivity index (χ4v) is 3.72. The number of methoxy groups -OCH3 is 1. The first-order valence-electron chi connectivity index (χ1n) is 7.99. The second-order valence-electron chi connectivity index (χ2n) is 7.34. The number of hydrazine groups is 1. The van der Waals surface area contributed by atoms with Crippen molar-refractivity contribution in [2.24, 2.45) is 17.2 Å². The van der Waals surface area contributed by atoms with Crippen LogP contribution in [0.2, 0.25) is 0 Å². The Hall–Kier alpha value is -1.06. The van der Waals surface area contributed by atoms with Gasteiger partial charge in [-0.3, -0.25) is 11.3 Å². The molecule has 3 nitrogen and oxygen atoms in total. The van der Waals surface area contributed by atoms with Gasteiger partial charge < -0.3 is 4.74 Å². The van der Waals surface area contributed by atoms with Crippen LogP contribution in [0.3, 0.4) is 0 Å². The summed E-state index contributed by atoms with van der Waals surface area (Å²) in [4.78, 5) is 0. The Morgan fingerprint density at radius 3 is 2.38 bits per heavy atom. The van der Waals surface area contributed by atoms with Crippen LogP contribution in [-0.4, -0.2) is 7.11 Å². The average Bonchev–Trinajstić information content (AvgIpc) is 2.42. The molecule has 118 valence electrons. The van der Waals surface area contributed by atoms with Crippen LogP contribution in [0.25, 0.3) is 0 Å². The van der Waals surface area contributed by atoms with Crippen LogP contribution in [-0.2, 0) is 0 Å². The summed E-state index contributed by atoms with van der Waals surface area (Å²) in [5, 5.41) is 0. The minimum atomic E-state index is 0.177. The third-order valence-corrected chi connectivity index (χ3v) is 5.06. The highest BCUT2D eigenvalue weighted by Gasteiger charge is 2.33. The molecule has 1 atom stereocenters. The molecule has 1 aliphatic rings. The Labute approximate surface area is 129 Å². The fourth-order valence-electron chi connectivity index (χ4n) is 3.72. The Bertz CT molecular complexity index is 486. The molecule has 1 aromatic carbocycles. The molecule has 0 heterocycles. The minimum absolute atomic E-state index is 0.177. The lowest BCUT2D eigenvalue weighted by molar-refractivity contribution is 0.160. The lowest BCUT2D eigenvalue weighted by Gasteiger charge is -2.38. The molecule has 3 heteroatoms. The highest BCUT2D eigenvalue weighted by molar-refractivity contribution is 5.45. The van der Waals surface area contributed by atoms with Gasteiger partial charge in [0.25, 0.3) is 0 Å². The maximum Gasteiger partial charge on any atom is 0.124 e. The molecule has 2 rings (SSSR count). The van der Waals surface area contributed by atoms with Crippen molar-refractivity contribution in [3.8, 4) is 5.75 Å². The van der Waals surface area contributed by atoms with E-state index in [0.29, 0.717) is 11.3 Å². The van der Waals surface area contributed by atoms with Crippen molar-refractivity contribution in [1.82, 2.24) is 5.43 Å². The van der Waals surface area contributed by atoms with Gasteiger partial charge in [0, 0.05) is 5.56 Å². The SMILES string of the molecule is COc1cc(C)cc(C)c1C(NN)C1CCC(C)(C)CC1. The second kappa shape index (κ2) is 6.37. The first kappa shape index (κ1) is 16.3. The van der Waals surface area contributed by atoms with Gasteiger partial charge in [0.1, 0.15) is 5.75 Å². The van der Waals surface area contributed by atoms with Gasteiger partial charge >= 0.3 is 0 Å². The molecule has 0 saturated heterocycles. The van der Waals surface area contributed by atoms with Gasteiger partial charge in [0.15, 0.2) is 0 Å². The van der Waals surface area contributed by atoms with E-state index in [2.05, 4.69) is 45.3 Å². The quantitative estimate of drug-likeness (QED) is 0.650. The van der Waals surface area contributed by atoms with Gasteiger partial charge in [-0.2, -0.15) is 0 Å². The van der Waals surface area contributed by atoms with E-state index in [-0.39, 0.29) is 6.04 Å². The summed E-state index contributed by atoms with van der Waals surface area (Å²) in [5.41, 5.74) is 7.27. The van der Waals surface area contributed by atoms with Crippen LogP contribution in [0.1, 0.15) is 62.3 Å². The van der Waals surface area contributed by atoms with E-state index in [0.717, 1.165) is 5.75 Å². The lowest BCUT2D eigenvalue weighted by Crippen LogP contribution is -2.37. The van der Waals surface area contributed by atoms with E-state index in [1.807, 2.05) is 0 Å². The van der Waals surface area contributed by atoms with Crippen molar-refractivity contribution in [1.29, 1.82) is 0 Å². The summed E-state index contributed by atoms with van der Waals surface area (Å²) in [7, 11) is 1.75. The number of rotatable bonds is 4. The summed E-state index contributed by atoms with van der Waals surface area (Å²) in [6.45, 7) is 8.99. The summed E-state index contributed by atoms with van der Waals surface area (Å²) in [6.07, 6.45) is 4.98. The minimum Gasteiger partial charge on any atom is -0.496 e. The molecular weight excluding hydrogens is 260 g/mol. The zero-order valence-electron chi connectivity index (χ0n) is 14.1. The Balaban J connectivity index is 2.30. The normalized spacial score (nSPS) is 20.3. The van der Waals surface area contributed by atoms with Crippen molar-refractivity contribution in [3.63, 3.8) is 0 Å². The van der Waals surface area contributed by atoms with E-state index in [1.165, 1.54) is 42.4 Å². The molecule has 0 amide bonds. The van der Waals surface area contributed by atoms with E-state index in [9.17, 15) is 0 Å². The van der Waals surface area contributed by atoms with Crippen LogP contribution in [0.5, 0.6) is 5.75 Å². The lowest BCUT2D eigenvalue weighted by atomic mass is 9.70. The summed E-state index contributed by atoms with van der Waals surface area (Å²) in [5.74, 6) is 7.47. The molecule has 3 N–H and O–H groups in total. The van der Waals surface area contributed by atoms with E-state index < -0.39 is 0 Å². The van der Waals surface area contributed by atoms with Gasteiger partial charge in [0.05, 0.1) is 13.2 Å². The monoisotopic (exact) mass is 290 g/mol. The molecule has 1 aliphatic carbocycles. The van der Waals surface area contributed by atoms with Gasteiger partial charge in [-0.1, -0.05) is 19.9 Å². The van der Waals surface area contributed by atoms with Crippen LogP contribution in [0, 0.1) is 25.2 Å². The zero-order valence-corrected chi connectivity index (χ0v) is 14.1. The maximum absolute atomic E-state index is 5.93. The summed E-state index contributed by atoms with van der Waals surface area (Å²) >= 11 is 0.